The van der Waals surface area contributed by atoms with E-state index in [2.05, 4.69) is 11.5 Å². The Morgan fingerprint density at radius 1 is 1.27 bits per heavy atom. The number of hydrogen-bond acceptors (Lipinski definition) is 5. The molecule has 2 saturated heterocycles. The molecule has 156 valence electrons. The molecule has 8 nitrogen and oxygen atoms in total. The summed E-state index contributed by atoms with van der Waals surface area (Å²) < 4.78 is 5.20. The number of carbonyl (C=O) groups excluding carboxylic acids is 3. The lowest BCUT2D eigenvalue weighted by atomic mass is 9.76. The molecule has 4 atom stereocenters. The smallest absolute Gasteiger partial charge is 0.426 e. The van der Waals surface area contributed by atoms with Gasteiger partial charge in [0.2, 0.25) is 11.8 Å². The van der Waals surface area contributed by atoms with Crippen molar-refractivity contribution in [3.8, 4) is 6.07 Å². The Morgan fingerprint density at radius 3 is 2.83 bits per heavy atom. The Morgan fingerprint density at radius 2 is 2.07 bits per heavy atom. The van der Waals surface area contributed by atoms with E-state index in [1.807, 2.05) is 42.5 Å². The average Bonchev–Trinajstić information content (AvgIpc) is 3.37. The van der Waals surface area contributed by atoms with E-state index in [0.717, 1.165) is 12.0 Å². The van der Waals surface area contributed by atoms with E-state index in [1.165, 1.54) is 5.01 Å². The highest BCUT2D eigenvalue weighted by molar-refractivity contribution is 5.91. The first-order valence-corrected chi connectivity index (χ1v) is 10.2. The summed E-state index contributed by atoms with van der Waals surface area (Å²) in [5.74, 6) is -1.62. The van der Waals surface area contributed by atoms with Gasteiger partial charge in [-0.3, -0.25) is 14.6 Å². The van der Waals surface area contributed by atoms with E-state index < -0.39 is 24.0 Å². The number of hydrazine groups is 1. The molecule has 0 saturated carbocycles. The van der Waals surface area contributed by atoms with E-state index in [0.29, 0.717) is 25.9 Å². The first-order chi connectivity index (χ1) is 14.6. The Labute approximate surface area is 175 Å². The van der Waals surface area contributed by atoms with Gasteiger partial charge in [0.25, 0.3) is 0 Å². The van der Waals surface area contributed by atoms with E-state index in [1.54, 1.807) is 4.90 Å². The Hall–Kier alpha value is -3.34. The summed E-state index contributed by atoms with van der Waals surface area (Å²) in [5, 5.41) is 10.6. The van der Waals surface area contributed by atoms with Crippen molar-refractivity contribution in [3.63, 3.8) is 0 Å². The molecule has 0 aromatic heterocycles. The Kier molecular flexibility index (Phi) is 5.70. The number of hydrogen-bond donors (Lipinski definition) is 1. The van der Waals surface area contributed by atoms with Gasteiger partial charge in [-0.1, -0.05) is 42.5 Å². The van der Waals surface area contributed by atoms with Gasteiger partial charge in [-0.2, -0.15) is 5.26 Å². The number of likely N-dealkylation sites (tertiary alicyclic amines) is 1. The van der Waals surface area contributed by atoms with Crippen LogP contribution in [0.3, 0.4) is 0 Å². The summed E-state index contributed by atoms with van der Waals surface area (Å²) in [6.45, 7) is 0.954. The summed E-state index contributed by atoms with van der Waals surface area (Å²) in [7, 11) is 0. The maximum absolute atomic E-state index is 13.1. The van der Waals surface area contributed by atoms with Crippen molar-refractivity contribution < 1.29 is 19.1 Å². The van der Waals surface area contributed by atoms with Gasteiger partial charge in [0.15, 0.2) is 0 Å². The number of amides is 3. The van der Waals surface area contributed by atoms with Crippen LogP contribution in [0.15, 0.2) is 42.5 Å². The molecule has 0 spiro atoms. The van der Waals surface area contributed by atoms with Gasteiger partial charge < -0.3 is 9.64 Å². The second kappa shape index (κ2) is 8.57. The topological polar surface area (TPSA) is 103 Å². The lowest BCUT2D eigenvalue weighted by Gasteiger charge is -2.31. The first kappa shape index (κ1) is 20.0. The third kappa shape index (κ3) is 3.88. The first-order valence-electron chi connectivity index (χ1n) is 10.2. The SMILES string of the molecule is N#C[C@@H]1CCCN1C(=O)[C@@H]1CC=C[C@H]2CN(NC(=O)OCc3ccccc3)C(=O)[C@@H]21. The number of carbonyl (C=O) groups is 3. The third-order valence-electron chi connectivity index (χ3n) is 6.05. The van der Waals surface area contributed by atoms with Crippen molar-refractivity contribution in [2.75, 3.05) is 13.1 Å². The molecule has 30 heavy (non-hydrogen) atoms. The fourth-order valence-corrected chi connectivity index (χ4v) is 4.57. The Bertz CT molecular complexity index is 894. The molecule has 3 amide bonds. The molecule has 2 heterocycles. The largest absolute Gasteiger partial charge is 0.443 e. The monoisotopic (exact) mass is 408 g/mol. The standard InChI is InChI=1S/C22H24N4O4/c23-12-17-9-5-11-25(17)20(27)18-10-4-8-16-13-26(21(28)19(16)18)24-22(29)30-14-15-6-2-1-3-7-15/h1-4,6-8,16-19H,5,9-11,13-14H2,(H,24,29)/t16-,17-,18+,19-/m0/s1. The molecule has 1 aromatic rings. The van der Waals surface area contributed by atoms with Crippen molar-refractivity contribution in [2.24, 2.45) is 17.8 Å². The van der Waals surface area contributed by atoms with Gasteiger partial charge in [-0.15, -0.1) is 0 Å². The van der Waals surface area contributed by atoms with E-state index >= 15 is 0 Å². The van der Waals surface area contributed by atoms with Crippen molar-refractivity contribution in [3.05, 3.63) is 48.0 Å². The fraction of sp³-hybridized carbons (Fsp3) is 0.455. The molecule has 0 bridgehead atoms. The van der Waals surface area contributed by atoms with Crippen LogP contribution in [-0.4, -0.2) is 46.9 Å². The van der Waals surface area contributed by atoms with E-state index in [4.69, 9.17) is 4.74 Å². The molecule has 0 unspecified atom stereocenters. The van der Waals surface area contributed by atoms with Crippen LogP contribution in [-0.2, 0) is 20.9 Å². The van der Waals surface area contributed by atoms with Crippen LogP contribution in [0.2, 0.25) is 0 Å². The predicted octanol–water partition coefficient (Wildman–Crippen LogP) is 1.99. The highest BCUT2D eigenvalue weighted by atomic mass is 16.6. The predicted molar refractivity (Wildman–Crippen MR) is 106 cm³/mol. The maximum Gasteiger partial charge on any atom is 0.426 e. The summed E-state index contributed by atoms with van der Waals surface area (Å²) in [5.41, 5.74) is 3.36. The van der Waals surface area contributed by atoms with Crippen LogP contribution in [0.5, 0.6) is 0 Å². The summed E-state index contributed by atoms with van der Waals surface area (Å²) in [6.07, 6.45) is 5.10. The summed E-state index contributed by atoms with van der Waals surface area (Å²) in [4.78, 5) is 39.9. The maximum atomic E-state index is 13.1. The zero-order chi connectivity index (χ0) is 21.1. The van der Waals surface area contributed by atoms with Gasteiger partial charge in [-0.25, -0.2) is 10.2 Å². The second-order valence-electron chi connectivity index (χ2n) is 7.90. The molecule has 8 heteroatoms. The number of nitrogens with one attached hydrogen (secondary N) is 1. The van der Waals surface area contributed by atoms with Crippen LogP contribution in [0, 0.1) is 29.1 Å². The van der Waals surface area contributed by atoms with E-state index in [9.17, 15) is 19.6 Å². The van der Waals surface area contributed by atoms with Crippen molar-refractivity contribution in [2.45, 2.75) is 31.9 Å². The number of rotatable bonds is 4. The third-order valence-corrected chi connectivity index (χ3v) is 6.05. The fourth-order valence-electron chi connectivity index (χ4n) is 4.57. The van der Waals surface area contributed by atoms with Gasteiger partial charge in [-0.05, 0) is 24.8 Å². The normalized spacial score (nSPS) is 27.5. The molecule has 1 aliphatic carbocycles. The molecular weight excluding hydrogens is 384 g/mol. The van der Waals surface area contributed by atoms with Crippen LogP contribution < -0.4 is 5.43 Å². The van der Waals surface area contributed by atoms with Gasteiger partial charge in [0, 0.05) is 19.0 Å². The minimum absolute atomic E-state index is 0.104. The summed E-state index contributed by atoms with van der Waals surface area (Å²) in [6, 6.07) is 11.0. The number of ether oxygens (including phenoxy) is 1. The average molecular weight is 408 g/mol. The van der Waals surface area contributed by atoms with Gasteiger partial charge in [0.1, 0.15) is 12.6 Å². The number of fused-ring (bicyclic) bond motifs is 1. The highest BCUT2D eigenvalue weighted by Crippen LogP contribution is 2.38. The van der Waals surface area contributed by atoms with Crippen LogP contribution in [0.1, 0.15) is 24.8 Å². The quantitative estimate of drug-likeness (QED) is 0.768. The molecule has 1 aromatic carbocycles. The van der Waals surface area contributed by atoms with Crippen LogP contribution in [0.25, 0.3) is 0 Å². The molecule has 2 aliphatic heterocycles. The van der Waals surface area contributed by atoms with E-state index in [-0.39, 0.29) is 24.3 Å². The summed E-state index contributed by atoms with van der Waals surface area (Å²) >= 11 is 0. The van der Waals surface area contributed by atoms with Crippen molar-refractivity contribution in [1.82, 2.24) is 15.3 Å². The van der Waals surface area contributed by atoms with Gasteiger partial charge >= 0.3 is 6.09 Å². The lowest BCUT2D eigenvalue weighted by Crippen LogP contribution is -2.47. The molecule has 2 fully saturated rings. The molecule has 3 aliphatic rings. The zero-order valence-electron chi connectivity index (χ0n) is 16.6. The Balaban J connectivity index is 1.39. The second-order valence-corrected chi connectivity index (χ2v) is 7.90. The molecular formula is C22H24N4O4. The van der Waals surface area contributed by atoms with Crippen LogP contribution in [0.4, 0.5) is 4.79 Å². The van der Waals surface area contributed by atoms with Gasteiger partial charge in [0.05, 0.1) is 17.9 Å². The molecule has 0 radical (unpaired) electrons. The van der Waals surface area contributed by atoms with Crippen LogP contribution >= 0.6 is 0 Å². The number of nitriles is 1. The number of allylic oxidation sites excluding steroid dienone is 1. The molecule has 1 N–H and O–H groups in total. The van der Waals surface area contributed by atoms with Crippen molar-refractivity contribution >= 4 is 17.9 Å². The zero-order valence-corrected chi connectivity index (χ0v) is 16.6. The van der Waals surface area contributed by atoms with Crippen molar-refractivity contribution in [1.29, 1.82) is 5.26 Å². The lowest BCUT2D eigenvalue weighted by molar-refractivity contribution is -0.144. The number of nitrogens with zero attached hydrogens (tertiary/aromatic N) is 3. The minimum Gasteiger partial charge on any atom is -0.443 e. The number of benzene rings is 1. The minimum atomic E-state index is -0.707. The highest BCUT2D eigenvalue weighted by Gasteiger charge is 2.50. The molecule has 4 rings (SSSR count).